The van der Waals surface area contributed by atoms with E-state index in [-0.39, 0.29) is 50.7 Å². The largest absolute Gasteiger partial charge is 0.378 e. The van der Waals surface area contributed by atoms with E-state index in [0.717, 1.165) is 16.8 Å². The number of halogens is 1. The Labute approximate surface area is 245 Å². The minimum atomic E-state index is -0.424. The smallest absolute Gasteiger partial charge is 0.282 e. The van der Waals surface area contributed by atoms with Crippen molar-refractivity contribution in [2.75, 3.05) is 31.6 Å². The number of alkyl halides is 1. The second kappa shape index (κ2) is 11.3. The summed E-state index contributed by atoms with van der Waals surface area (Å²) >= 11 is 8.65. The number of hydrogen-bond donors (Lipinski definition) is 1. The number of carbonyl (C=O) groups excluding carboxylic acids is 1. The molecule has 212 valence electrons. The normalized spacial score (nSPS) is 25.1. The summed E-state index contributed by atoms with van der Waals surface area (Å²) in [4.78, 5) is 37.8. The van der Waals surface area contributed by atoms with Gasteiger partial charge < -0.3 is 15.0 Å². The molecule has 2 aliphatic heterocycles. The number of nitro benzene ring substituents is 2. The molecule has 0 aromatic heterocycles. The monoisotopic (exact) mass is 594 g/mol. The van der Waals surface area contributed by atoms with E-state index in [0.29, 0.717) is 43.2 Å². The van der Waals surface area contributed by atoms with Crippen LogP contribution in [0.4, 0.5) is 17.1 Å². The summed E-state index contributed by atoms with van der Waals surface area (Å²) < 4.78 is 5.40. The van der Waals surface area contributed by atoms with E-state index < -0.39 is 4.92 Å². The molecule has 3 aromatic carbocycles. The molecule has 1 N–H and O–H groups in total. The SMILES string of the molecule is O=C(c1ccc2c(c1)[C@@H]1[C@H](Cl)[C@H](Sc3ccccc3[N+](=O)[O-])C[C@H]1[C@H](c1ccc([N+](=O)[O-])cc1)N2)N1CCOCC1. The number of ether oxygens (including phenoxy) is 1. The lowest BCUT2D eigenvalue weighted by molar-refractivity contribution is -0.387. The van der Waals surface area contributed by atoms with Crippen LogP contribution in [0.25, 0.3) is 0 Å². The Morgan fingerprint density at radius 3 is 2.44 bits per heavy atom. The number of nitrogens with one attached hydrogen (secondary N) is 1. The highest BCUT2D eigenvalue weighted by atomic mass is 35.5. The van der Waals surface area contributed by atoms with E-state index >= 15 is 0 Å². The zero-order valence-corrected chi connectivity index (χ0v) is 23.4. The summed E-state index contributed by atoms with van der Waals surface area (Å²) in [5.74, 6) is -0.216. The summed E-state index contributed by atoms with van der Waals surface area (Å²) in [6, 6.07) is 18.6. The number of benzene rings is 3. The minimum Gasteiger partial charge on any atom is -0.378 e. The number of carbonyl (C=O) groups is 1. The highest BCUT2D eigenvalue weighted by Crippen LogP contribution is 2.58. The third-order valence-electron chi connectivity index (χ3n) is 8.16. The number of morpholine rings is 1. The average molecular weight is 595 g/mol. The molecule has 0 bridgehead atoms. The zero-order chi connectivity index (χ0) is 28.7. The van der Waals surface area contributed by atoms with Gasteiger partial charge in [0.2, 0.25) is 0 Å². The Kier molecular flexibility index (Phi) is 7.58. The number of hydrogen-bond acceptors (Lipinski definition) is 8. The predicted octanol–water partition coefficient (Wildman–Crippen LogP) is 6.01. The van der Waals surface area contributed by atoms with Gasteiger partial charge in [-0.05, 0) is 47.7 Å². The average Bonchev–Trinajstić information content (AvgIpc) is 3.32. The number of para-hydroxylation sites is 1. The molecule has 10 nitrogen and oxygen atoms in total. The molecule has 0 spiro atoms. The lowest BCUT2D eigenvalue weighted by Crippen LogP contribution is -2.40. The highest BCUT2D eigenvalue weighted by molar-refractivity contribution is 8.00. The number of nitro groups is 2. The molecular formula is C29H27ClN4O6S. The van der Waals surface area contributed by atoms with E-state index in [2.05, 4.69) is 5.32 Å². The second-order valence-electron chi connectivity index (χ2n) is 10.4. The quantitative estimate of drug-likeness (QED) is 0.209. The maximum atomic E-state index is 13.3. The van der Waals surface area contributed by atoms with Crippen LogP contribution < -0.4 is 5.32 Å². The van der Waals surface area contributed by atoms with Crippen LogP contribution in [0.5, 0.6) is 0 Å². The Bertz CT molecular complexity index is 1500. The van der Waals surface area contributed by atoms with Gasteiger partial charge in [-0.3, -0.25) is 25.0 Å². The van der Waals surface area contributed by atoms with Gasteiger partial charge in [0, 0.05) is 53.7 Å². The van der Waals surface area contributed by atoms with Crippen molar-refractivity contribution in [3.63, 3.8) is 0 Å². The van der Waals surface area contributed by atoms with Crippen LogP contribution in [0.1, 0.15) is 39.9 Å². The molecule has 2 heterocycles. The van der Waals surface area contributed by atoms with Gasteiger partial charge in [0.15, 0.2) is 0 Å². The molecule has 0 radical (unpaired) electrons. The van der Waals surface area contributed by atoms with Gasteiger partial charge in [-0.2, -0.15) is 0 Å². The third-order valence-corrected chi connectivity index (χ3v) is 10.3. The first-order chi connectivity index (χ1) is 19.8. The first-order valence-electron chi connectivity index (χ1n) is 13.4. The molecule has 0 unspecified atom stereocenters. The van der Waals surface area contributed by atoms with Crippen LogP contribution in [0.2, 0.25) is 0 Å². The van der Waals surface area contributed by atoms with Crippen molar-refractivity contribution in [2.45, 2.75) is 33.9 Å². The Morgan fingerprint density at radius 2 is 1.73 bits per heavy atom. The van der Waals surface area contributed by atoms with Gasteiger partial charge in [-0.1, -0.05) is 24.3 Å². The summed E-state index contributed by atoms with van der Waals surface area (Å²) in [6.45, 7) is 2.09. The van der Waals surface area contributed by atoms with E-state index in [9.17, 15) is 25.0 Å². The van der Waals surface area contributed by atoms with Crippen LogP contribution in [0.3, 0.4) is 0 Å². The van der Waals surface area contributed by atoms with Crippen LogP contribution in [0, 0.1) is 26.1 Å². The van der Waals surface area contributed by atoms with E-state index in [1.807, 2.05) is 18.2 Å². The van der Waals surface area contributed by atoms with Crippen molar-refractivity contribution in [2.24, 2.45) is 5.92 Å². The van der Waals surface area contributed by atoms with Crippen molar-refractivity contribution < 1.29 is 19.4 Å². The molecule has 12 heteroatoms. The van der Waals surface area contributed by atoms with Gasteiger partial charge in [-0.25, -0.2) is 0 Å². The molecule has 2 fully saturated rings. The van der Waals surface area contributed by atoms with E-state index in [1.165, 1.54) is 30.0 Å². The van der Waals surface area contributed by atoms with Crippen molar-refractivity contribution in [1.29, 1.82) is 0 Å². The fraction of sp³-hybridized carbons (Fsp3) is 0.345. The Morgan fingerprint density at radius 1 is 1.00 bits per heavy atom. The number of non-ortho nitro benzene ring substituents is 1. The molecule has 1 saturated heterocycles. The number of rotatable bonds is 6. The zero-order valence-electron chi connectivity index (χ0n) is 21.9. The predicted molar refractivity (Wildman–Crippen MR) is 156 cm³/mol. The van der Waals surface area contributed by atoms with Crippen molar-refractivity contribution in [1.82, 2.24) is 4.90 Å². The number of fused-ring (bicyclic) bond motifs is 3. The van der Waals surface area contributed by atoms with Gasteiger partial charge in [0.25, 0.3) is 17.3 Å². The topological polar surface area (TPSA) is 128 Å². The maximum Gasteiger partial charge on any atom is 0.282 e. The fourth-order valence-electron chi connectivity index (χ4n) is 6.20. The first-order valence-corrected chi connectivity index (χ1v) is 14.7. The van der Waals surface area contributed by atoms with Gasteiger partial charge in [0.05, 0.1) is 39.4 Å². The molecule has 6 rings (SSSR count). The number of amides is 1. The van der Waals surface area contributed by atoms with Crippen molar-refractivity contribution >= 4 is 46.3 Å². The molecule has 1 aliphatic carbocycles. The summed E-state index contributed by atoms with van der Waals surface area (Å²) in [5, 5.41) is 26.1. The van der Waals surface area contributed by atoms with Gasteiger partial charge >= 0.3 is 0 Å². The molecule has 3 aromatic rings. The third kappa shape index (κ3) is 5.25. The highest BCUT2D eigenvalue weighted by Gasteiger charge is 2.50. The number of thioether (sulfide) groups is 1. The summed E-state index contributed by atoms with van der Waals surface area (Å²) in [7, 11) is 0. The van der Waals surface area contributed by atoms with Crippen molar-refractivity contribution in [3.8, 4) is 0 Å². The Balaban J connectivity index is 1.37. The number of anilines is 1. The van der Waals surface area contributed by atoms with Gasteiger partial charge in [0.1, 0.15) is 0 Å². The Hall–Kier alpha value is -3.67. The molecule has 3 aliphatic rings. The van der Waals surface area contributed by atoms with E-state index in [1.54, 1.807) is 35.2 Å². The van der Waals surface area contributed by atoms with Gasteiger partial charge in [-0.15, -0.1) is 23.4 Å². The van der Waals surface area contributed by atoms with Crippen LogP contribution in [0.15, 0.2) is 71.6 Å². The second-order valence-corrected chi connectivity index (χ2v) is 12.2. The maximum absolute atomic E-state index is 13.3. The standard InChI is InChI=1S/C29H27ClN4O6S/c30-27-25(41-24-4-2-1-3-23(24)34(38)39)16-21-26(27)20-15-18(29(35)32-11-13-40-14-12-32)7-10-22(20)31-28(21)17-5-8-19(9-6-17)33(36)37/h1-10,15,21,25-28,31H,11-14,16H2/t21-,25-,26+,27-,28+/m1/s1. The molecule has 1 saturated carbocycles. The summed E-state index contributed by atoms with van der Waals surface area (Å²) in [6.07, 6.45) is 0.658. The number of nitrogens with zero attached hydrogens (tertiary/aromatic N) is 3. The lowest BCUT2D eigenvalue weighted by atomic mass is 9.76. The van der Waals surface area contributed by atoms with Crippen molar-refractivity contribution in [3.05, 3.63) is 104 Å². The lowest BCUT2D eigenvalue weighted by Gasteiger charge is -2.38. The fourth-order valence-corrected chi connectivity index (χ4v) is 8.15. The molecule has 5 atom stereocenters. The van der Waals surface area contributed by atoms with Crippen LogP contribution in [-0.4, -0.2) is 57.6 Å². The summed E-state index contributed by atoms with van der Waals surface area (Å²) in [5.41, 5.74) is 3.33. The van der Waals surface area contributed by atoms with E-state index in [4.69, 9.17) is 16.3 Å². The molecule has 1 amide bonds. The molecular weight excluding hydrogens is 568 g/mol. The van der Waals surface area contributed by atoms with Crippen LogP contribution >= 0.6 is 23.4 Å². The first kappa shape index (κ1) is 27.5. The minimum absolute atomic E-state index is 0.0132. The van der Waals surface area contributed by atoms with Crippen LogP contribution in [-0.2, 0) is 4.74 Å². The molecule has 41 heavy (non-hydrogen) atoms.